The number of anilines is 2. The summed E-state index contributed by atoms with van der Waals surface area (Å²) in [4.78, 5) is 15.4. The first-order valence-electron chi connectivity index (χ1n) is 6.60. The second-order valence-electron chi connectivity index (χ2n) is 4.77. The Morgan fingerprint density at radius 1 is 1.27 bits per heavy atom. The Balaban J connectivity index is 2.52. The predicted molar refractivity (Wildman–Crippen MR) is 82.5 cm³/mol. The number of pyridine rings is 1. The number of carbonyl (C=O) groups excluding carboxylic acids is 1. The number of nitrogens with zero attached hydrogens (tertiary/aromatic N) is 1. The molecule has 0 atom stereocenters. The molecule has 2 aromatic rings. The van der Waals surface area contributed by atoms with Crippen LogP contribution >= 0.6 is 0 Å². The lowest BCUT2D eigenvalue weighted by atomic mass is 9.99. The summed E-state index contributed by atoms with van der Waals surface area (Å²) in [5, 5.41) is 11.0. The molecular formula is C16H16FN3O2. The zero-order valence-electron chi connectivity index (χ0n) is 12.5. The van der Waals surface area contributed by atoms with Crippen LogP contribution in [0.25, 0.3) is 0 Å². The van der Waals surface area contributed by atoms with E-state index in [2.05, 4.69) is 10.3 Å². The third kappa shape index (κ3) is 3.11. The average Bonchev–Trinajstić information content (AvgIpc) is 2.50. The number of aromatic nitrogens is 1. The maximum absolute atomic E-state index is 12.9. The molecule has 0 unspecified atom stereocenters. The van der Waals surface area contributed by atoms with Crippen molar-refractivity contribution in [2.24, 2.45) is 0 Å². The number of methoxy groups -OCH3 is 1. The van der Waals surface area contributed by atoms with Crippen molar-refractivity contribution in [3.63, 3.8) is 0 Å². The zero-order chi connectivity index (χ0) is 16.3. The molecule has 2 rings (SSSR count). The number of esters is 1. The standard InChI is InChI=1S/C16H16FN3O2/c1-9-12(16(21)22-3)5-6-13(10(2)18)15(9)20-11-4-7-14(17)19-8-11/h4-8,18,20H,1-3H3. The monoisotopic (exact) mass is 301 g/mol. The normalized spacial score (nSPS) is 10.2. The number of benzene rings is 1. The molecule has 1 aromatic heterocycles. The lowest BCUT2D eigenvalue weighted by molar-refractivity contribution is 0.0600. The van der Waals surface area contributed by atoms with E-state index in [1.54, 1.807) is 26.0 Å². The van der Waals surface area contributed by atoms with Gasteiger partial charge in [-0.3, -0.25) is 0 Å². The third-order valence-corrected chi connectivity index (χ3v) is 3.27. The molecule has 0 saturated carbocycles. The quantitative estimate of drug-likeness (QED) is 0.515. The molecule has 114 valence electrons. The molecule has 0 spiro atoms. The number of nitrogens with one attached hydrogen (secondary N) is 2. The Kier molecular flexibility index (Phi) is 4.50. The largest absolute Gasteiger partial charge is 0.465 e. The molecule has 22 heavy (non-hydrogen) atoms. The number of hydrogen-bond donors (Lipinski definition) is 2. The Bertz CT molecular complexity index is 727. The van der Waals surface area contributed by atoms with Crippen molar-refractivity contribution in [3.05, 3.63) is 53.1 Å². The fourth-order valence-electron chi connectivity index (χ4n) is 2.11. The van der Waals surface area contributed by atoms with Gasteiger partial charge in [-0.15, -0.1) is 0 Å². The van der Waals surface area contributed by atoms with Crippen LogP contribution < -0.4 is 5.32 Å². The van der Waals surface area contributed by atoms with Gasteiger partial charge < -0.3 is 15.5 Å². The molecule has 0 amide bonds. The van der Waals surface area contributed by atoms with Crippen molar-refractivity contribution in [1.29, 1.82) is 5.41 Å². The molecule has 0 aliphatic rings. The van der Waals surface area contributed by atoms with E-state index in [1.807, 2.05) is 0 Å². The molecule has 1 aromatic carbocycles. The van der Waals surface area contributed by atoms with Gasteiger partial charge in [0.05, 0.1) is 30.2 Å². The van der Waals surface area contributed by atoms with Crippen molar-refractivity contribution in [3.8, 4) is 0 Å². The first-order chi connectivity index (χ1) is 10.4. The van der Waals surface area contributed by atoms with Gasteiger partial charge in [-0.1, -0.05) is 6.07 Å². The van der Waals surface area contributed by atoms with E-state index in [1.165, 1.54) is 25.4 Å². The summed E-state index contributed by atoms with van der Waals surface area (Å²) in [6.07, 6.45) is 1.35. The van der Waals surface area contributed by atoms with Crippen LogP contribution in [-0.4, -0.2) is 23.8 Å². The van der Waals surface area contributed by atoms with E-state index in [-0.39, 0.29) is 0 Å². The number of carbonyl (C=O) groups is 1. The Hall–Kier alpha value is -2.76. The number of hydrogen-bond acceptors (Lipinski definition) is 5. The number of rotatable bonds is 4. The van der Waals surface area contributed by atoms with E-state index >= 15 is 0 Å². The summed E-state index contributed by atoms with van der Waals surface area (Å²) in [6, 6.07) is 6.08. The van der Waals surface area contributed by atoms with Crippen LogP contribution in [0.3, 0.4) is 0 Å². The summed E-state index contributed by atoms with van der Waals surface area (Å²) in [7, 11) is 1.31. The summed E-state index contributed by atoms with van der Waals surface area (Å²) in [5.41, 5.74) is 3.22. The van der Waals surface area contributed by atoms with Gasteiger partial charge in [0, 0.05) is 11.3 Å². The second kappa shape index (κ2) is 6.34. The average molecular weight is 301 g/mol. The highest BCUT2D eigenvalue weighted by Gasteiger charge is 2.16. The van der Waals surface area contributed by atoms with E-state index in [0.29, 0.717) is 33.8 Å². The fourth-order valence-corrected chi connectivity index (χ4v) is 2.11. The SMILES string of the molecule is COC(=O)c1ccc(C(C)=N)c(Nc2ccc(F)nc2)c1C. The van der Waals surface area contributed by atoms with Gasteiger partial charge in [-0.05, 0) is 37.6 Å². The topological polar surface area (TPSA) is 75.1 Å². The van der Waals surface area contributed by atoms with Gasteiger partial charge in [0.15, 0.2) is 0 Å². The number of ether oxygens (including phenoxy) is 1. The first-order valence-corrected chi connectivity index (χ1v) is 6.60. The predicted octanol–water partition coefficient (Wildman–Crippen LogP) is 3.45. The molecule has 6 heteroatoms. The second-order valence-corrected chi connectivity index (χ2v) is 4.77. The van der Waals surface area contributed by atoms with E-state index < -0.39 is 11.9 Å². The van der Waals surface area contributed by atoms with Gasteiger partial charge in [0.25, 0.3) is 0 Å². The van der Waals surface area contributed by atoms with Crippen LogP contribution in [0, 0.1) is 18.3 Å². The van der Waals surface area contributed by atoms with Crippen LogP contribution in [-0.2, 0) is 4.74 Å². The minimum atomic E-state index is -0.575. The van der Waals surface area contributed by atoms with Crippen molar-refractivity contribution in [2.45, 2.75) is 13.8 Å². The fraction of sp³-hybridized carbons (Fsp3) is 0.188. The highest BCUT2D eigenvalue weighted by molar-refractivity contribution is 6.05. The van der Waals surface area contributed by atoms with E-state index in [0.717, 1.165) is 0 Å². The van der Waals surface area contributed by atoms with Gasteiger partial charge in [0.1, 0.15) is 0 Å². The molecule has 5 nitrogen and oxygen atoms in total. The van der Waals surface area contributed by atoms with Crippen LogP contribution in [0.5, 0.6) is 0 Å². The summed E-state index contributed by atoms with van der Waals surface area (Å²) >= 11 is 0. The first kappa shape index (κ1) is 15.6. The van der Waals surface area contributed by atoms with Gasteiger partial charge in [0.2, 0.25) is 5.95 Å². The molecule has 0 saturated heterocycles. The smallest absolute Gasteiger partial charge is 0.338 e. The van der Waals surface area contributed by atoms with Gasteiger partial charge >= 0.3 is 5.97 Å². The van der Waals surface area contributed by atoms with Crippen molar-refractivity contribution in [2.75, 3.05) is 12.4 Å². The third-order valence-electron chi connectivity index (χ3n) is 3.27. The van der Waals surface area contributed by atoms with Crippen LogP contribution in [0.2, 0.25) is 0 Å². The van der Waals surface area contributed by atoms with Crippen molar-refractivity contribution < 1.29 is 13.9 Å². The highest BCUT2D eigenvalue weighted by atomic mass is 19.1. The minimum Gasteiger partial charge on any atom is -0.465 e. The molecule has 2 N–H and O–H groups in total. The van der Waals surface area contributed by atoms with Gasteiger partial charge in [-0.2, -0.15) is 4.39 Å². The van der Waals surface area contributed by atoms with E-state index in [9.17, 15) is 9.18 Å². The van der Waals surface area contributed by atoms with Crippen molar-refractivity contribution >= 4 is 23.1 Å². The van der Waals surface area contributed by atoms with Crippen LogP contribution in [0.15, 0.2) is 30.5 Å². The summed E-state index contributed by atoms with van der Waals surface area (Å²) < 4.78 is 17.6. The Morgan fingerprint density at radius 2 is 1.95 bits per heavy atom. The zero-order valence-corrected chi connectivity index (χ0v) is 12.5. The van der Waals surface area contributed by atoms with Crippen molar-refractivity contribution in [1.82, 2.24) is 4.98 Å². The Labute approximate surface area is 127 Å². The molecule has 1 heterocycles. The Morgan fingerprint density at radius 3 is 2.50 bits per heavy atom. The molecule has 0 radical (unpaired) electrons. The van der Waals surface area contributed by atoms with Gasteiger partial charge in [-0.25, -0.2) is 9.78 Å². The summed E-state index contributed by atoms with van der Waals surface area (Å²) in [5.74, 6) is -1.03. The molecular weight excluding hydrogens is 285 g/mol. The minimum absolute atomic E-state index is 0.345. The molecule has 0 bridgehead atoms. The highest BCUT2D eigenvalue weighted by Crippen LogP contribution is 2.28. The molecule has 0 aliphatic heterocycles. The van der Waals surface area contributed by atoms with Crippen LogP contribution in [0.4, 0.5) is 15.8 Å². The van der Waals surface area contributed by atoms with Crippen LogP contribution in [0.1, 0.15) is 28.4 Å². The maximum Gasteiger partial charge on any atom is 0.338 e. The number of halogens is 1. The molecule has 0 aliphatic carbocycles. The molecule has 0 fully saturated rings. The van der Waals surface area contributed by atoms with E-state index in [4.69, 9.17) is 10.1 Å². The lowest BCUT2D eigenvalue weighted by Gasteiger charge is -2.16. The summed E-state index contributed by atoms with van der Waals surface area (Å²) in [6.45, 7) is 3.42. The maximum atomic E-state index is 12.9. The lowest BCUT2D eigenvalue weighted by Crippen LogP contribution is -2.09.